The lowest BCUT2D eigenvalue weighted by Crippen LogP contribution is -2.17. The molecule has 5 nitrogen and oxygen atoms in total. The van der Waals surface area contributed by atoms with E-state index in [0.29, 0.717) is 18.2 Å². The van der Waals surface area contributed by atoms with E-state index >= 15 is 0 Å². The highest BCUT2D eigenvalue weighted by Crippen LogP contribution is 2.50. The van der Waals surface area contributed by atoms with Crippen LogP contribution in [0.4, 0.5) is 0 Å². The molecule has 0 spiro atoms. The molecule has 0 atom stereocenters. The summed E-state index contributed by atoms with van der Waals surface area (Å²) in [6, 6.07) is 52.6. The number of nitrogens with two attached hydrogens (primary N) is 1. The lowest BCUT2D eigenvalue weighted by atomic mass is 9.82. The molecular weight excluding hydrogens is 647 g/mol. The van der Waals surface area contributed by atoms with Gasteiger partial charge in [0.05, 0.1) is 17.6 Å². The number of nitrogens with zero attached hydrogens (tertiary/aromatic N) is 4. The van der Waals surface area contributed by atoms with E-state index in [-0.39, 0.29) is 5.41 Å². The molecule has 0 amide bonds. The minimum absolute atomic E-state index is 0.152. The first kappa shape index (κ1) is 32.2. The van der Waals surface area contributed by atoms with Gasteiger partial charge in [0, 0.05) is 50.8 Å². The summed E-state index contributed by atoms with van der Waals surface area (Å²) in [5, 5.41) is 2.23. The Labute approximate surface area is 309 Å². The summed E-state index contributed by atoms with van der Waals surface area (Å²) in [5.41, 5.74) is 20.9. The maximum Gasteiger partial charge on any atom is 0.157 e. The van der Waals surface area contributed by atoms with E-state index in [0.717, 1.165) is 60.8 Å². The predicted molar refractivity (Wildman–Crippen MR) is 219 cm³/mol. The van der Waals surface area contributed by atoms with Crippen molar-refractivity contribution >= 4 is 33.5 Å². The normalized spacial score (nSPS) is 13.6. The summed E-state index contributed by atoms with van der Waals surface area (Å²) < 4.78 is 0. The van der Waals surface area contributed by atoms with Crippen LogP contribution in [0.15, 0.2) is 174 Å². The summed E-state index contributed by atoms with van der Waals surface area (Å²) in [6.45, 7) is 5.02. The number of fused-ring (bicyclic) bond motifs is 5. The van der Waals surface area contributed by atoms with Crippen molar-refractivity contribution in [2.24, 2.45) is 15.7 Å². The van der Waals surface area contributed by atoms with Crippen molar-refractivity contribution in [2.45, 2.75) is 25.8 Å². The Kier molecular flexibility index (Phi) is 7.97. The van der Waals surface area contributed by atoms with Crippen LogP contribution in [-0.2, 0) is 12.0 Å². The van der Waals surface area contributed by atoms with Gasteiger partial charge in [-0.1, -0.05) is 153 Å². The number of aromatic nitrogens is 2. The van der Waals surface area contributed by atoms with Crippen LogP contribution in [0.3, 0.4) is 0 Å². The lowest BCUT2D eigenvalue weighted by Gasteiger charge is -2.21. The first-order valence-electron chi connectivity index (χ1n) is 18.0. The number of hydrogen-bond donors (Lipinski definition) is 1. The smallest absolute Gasteiger partial charge is 0.157 e. The van der Waals surface area contributed by atoms with E-state index in [2.05, 4.69) is 151 Å². The Morgan fingerprint density at radius 3 is 1.77 bits per heavy atom. The maximum atomic E-state index is 6.86. The van der Waals surface area contributed by atoms with Gasteiger partial charge in [-0.25, -0.2) is 4.99 Å². The van der Waals surface area contributed by atoms with Gasteiger partial charge in [-0.05, 0) is 51.1 Å². The lowest BCUT2D eigenvalue weighted by molar-refractivity contribution is 0.660. The zero-order valence-electron chi connectivity index (χ0n) is 29.7. The number of para-hydroxylation sites is 2. The van der Waals surface area contributed by atoms with Gasteiger partial charge in [0.25, 0.3) is 0 Å². The standard InChI is InChI=1S/C48H37N5/c1-48(2)41-18-4-3-14-39(41)43-40(17-7-19-42(43)48)47(52-30-31-20-22-32(23-21-31)37-15-5-10-34-12-8-28-50-44(34)37)53-46(49)36-26-24-33(25-27-36)38-16-6-11-35-13-9-29-51-45(35)38/h3-29H,30H2,1-2H3,(H2,49,52,53). The highest BCUT2D eigenvalue weighted by molar-refractivity contribution is 6.14. The molecule has 2 heterocycles. The summed E-state index contributed by atoms with van der Waals surface area (Å²) in [7, 11) is 0. The van der Waals surface area contributed by atoms with Crippen LogP contribution < -0.4 is 5.73 Å². The fourth-order valence-electron chi connectivity index (χ4n) is 7.75. The molecule has 0 bridgehead atoms. The molecule has 0 aliphatic heterocycles. The molecule has 1 aliphatic carbocycles. The zero-order valence-corrected chi connectivity index (χ0v) is 29.7. The number of benzene rings is 6. The van der Waals surface area contributed by atoms with Crippen molar-refractivity contribution in [1.82, 2.24) is 9.97 Å². The molecule has 0 saturated carbocycles. The van der Waals surface area contributed by atoms with Gasteiger partial charge >= 0.3 is 0 Å². The van der Waals surface area contributed by atoms with E-state index in [1.807, 2.05) is 36.7 Å². The average Bonchev–Trinajstić information content (AvgIpc) is 3.45. The van der Waals surface area contributed by atoms with E-state index in [9.17, 15) is 0 Å². The van der Waals surface area contributed by atoms with Crippen LogP contribution in [0.1, 0.15) is 41.7 Å². The average molecular weight is 684 g/mol. The van der Waals surface area contributed by atoms with Gasteiger partial charge in [-0.15, -0.1) is 0 Å². The van der Waals surface area contributed by atoms with Crippen molar-refractivity contribution in [3.8, 4) is 33.4 Å². The molecule has 6 aromatic carbocycles. The number of pyridine rings is 2. The summed E-state index contributed by atoms with van der Waals surface area (Å²) >= 11 is 0. The van der Waals surface area contributed by atoms with Crippen molar-refractivity contribution < 1.29 is 0 Å². The number of hydrogen-bond acceptors (Lipinski definition) is 3. The van der Waals surface area contributed by atoms with Crippen molar-refractivity contribution in [3.63, 3.8) is 0 Å². The molecule has 254 valence electrons. The van der Waals surface area contributed by atoms with Crippen LogP contribution >= 0.6 is 0 Å². The zero-order chi connectivity index (χ0) is 35.9. The Balaban J connectivity index is 1.10. The third-order valence-electron chi connectivity index (χ3n) is 10.5. The SMILES string of the molecule is CC1(C)c2ccccc2-c2c(C(N=C(N)c3ccc(-c4cccc5cccnc45)cc3)=NCc3ccc(-c4cccc5cccnc45)cc3)cccc21. The fraction of sp³-hybridized carbons (Fsp3) is 0.0833. The molecule has 5 heteroatoms. The Morgan fingerprint density at radius 1 is 0.566 bits per heavy atom. The third kappa shape index (κ3) is 5.77. The second-order valence-electron chi connectivity index (χ2n) is 14.1. The van der Waals surface area contributed by atoms with Gasteiger partial charge in [0.2, 0.25) is 0 Å². The van der Waals surface area contributed by atoms with Crippen LogP contribution in [0.25, 0.3) is 55.2 Å². The van der Waals surface area contributed by atoms with E-state index in [1.54, 1.807) is 0 Å². The Morgan fingerprint density at radius 2 is 1.11 bits per heavy atom. The van der Waals surface area contributed by atoms with Crippen LogP contribution in [0, 0.1) is 0 Å². The third-order valence-corrected chi connectivity index (χ3v) is 10.5. The van der Waals surface area contributed by atoms with Gasteiger partial charge in [0.1, 0.15) is 5.84 Å². The first-order valence-corrected chi connectivity index (χ1v) is 18.0. The quantitative estimate of drug-likeness (QED) is 0.140. The molecule has 9 rings (SSSR count). The molecule has 0 saturated heterocycles. The first-order chi connectivity index (χ1) is 26.0. The van der Waals surface area contributed by atoms with Gasteiger partial charge in [-0.2, -0.15) is 0 Å². The predicted octanol–water partition coefficient (Wildman–Crippen LogP) is 10.8. The van der Waals surface area contributed by atoms with Crippen LogP contribution in [-0.4, -0.2) is 21.6 Å². The van der Waals surface area contributed by atoms with Crippen molar-refractivity contribution in [2.75, 3.05) is 0 Å². The van der Waals surface area contributed by atoms with Gasteiger partial charge in [-0.3, -0.25) is 15.0 Å². The van der Waals surface area contributed by atoms with Crippen molar-refractivity contribution in [3.05, 3.63) is 192 Å². The summed E-state index contributed by atoms with van der Waals surface area (Å²) in [6.07, 6.45) is 3.68. The van der Waals surface area contributed by atoms with Crippen molar-refractivity contribution in [1.29, 1.82) is 0 Å². The summed E-state index contributed by atoms with van der Waals surface area (Å²) in [4.78, 5) is 19.6. The second-order valence-corrected chi connectivity index (χ2v) is 14.1. The molecule has 0 radical (unpaired) electrons. The molecule has 53 heavy (non-hydrogen) atoms. The minimum Gasteiger partial charge on any atom is -0.383 e. The molecule has 1 aliphatic rings. The number of aliphatic imine (C=N–C) groups is 2. The molecule has 2 aromatic heterocycles. The highest BCUT2D eigenvalue weighted by atomic mass is 15.0. The molecule has 2 N–H and O–H groups in total. The van der Waals surface area contributed by atoms with E-state index in [4.69, 9.17) is 15.7 Å². The number of amidine groups is 2. The molecule has 0 unspecified atom stereocenters. The van der Waals surface area contributed by atoms with Gasteiger partial charge < -0.3 is 5.73 Å². The molecule has 0 fully saturated rings. The van der Waals surface area contributed by atoms with Crippen LogP contribution in [0.5, 0.6) is 0 Å². The largest absolute Gasteiger partial charge is 0.383 e. The monoisotopic (exact) mass is 683 g/mol. The van der Waals surface area contributed by atoms with E-state index < -0.39 is 0 Å². The number of rotatable bonds is 6. The highest BCUT2D eigenvalue weighted by Gasteiger charge is 2.37. The molecule has 8 aromatic rings. The molecular formula is C48H37N5. The fourth-order valence-corrected chi connectivity index (χ4v) is 7.75. The summed E-state index contributed by atoms with van der Waals surface area (Å²) in [5.74, 6) is 1.02. The minimum atomic E-state index is -0.152. The Bertz CT molecular complexity index is 2710. The van der Waals surface area contributed by atoms with Crippen LogP contribution in [0.2, 0.25) is 0 Å². The van der Waals surface area contributed by atoms with E-state index in [1.165, 1.54) is 22.3 Å². The Hall–Kier alpha value is -6.72. The topological polar surface area (TPSA) is 76.5 Å². The second kappa shape index (κ2) is 13.1. The van der Waals surface area contributed by atoms with Gasteiger partial charge in [0.15, 0.2) is 5.84 Å². The maximum absolute atomic E-state index is 6.86.